The molecule has 0 spiro atoms. The van der Waals surface area contributed by atoms with Gasteiger partial charge in [-0.15, -0.1) is 0 Å². The van der Waals surface area contributed by atoms with E-state index in [1.807, 2.05) is 0 Å². The van der Waals surface area contributed by atoms with Crippen molar-refractivity contribution >= 4 is 23.2 Å². The van der Waals surface area contributed by atoms with Crippen LogP contribution in [0.4, 0.5) is 15.8 Å². The SMILES string of the molecule is COc1ccccc1NC(=O)C1CCC(=O)N1c1ccc(F)cc1. The van der Waals surface area contributed by atoms with E-state index in [4.69, 9.17) is 4.74 Å². The van der Waals surface area contributed by atoms with Crippen molar-refractivity contribution in [1.82, 2.24) is 0 Å². The minimum absolute atomic E-state index is 0.151. The highest BCUT2D eigenvalue weighted by molar-refractivity contribution is 6.07. The number of rotatable bonds is 4. The Labute approximate surface area is 139 Å². The summed E-state index contributed by atoms with van der Waals surface area (Å²) < 4.78 is 18.3. The predicted octanol–water partition coefficient (Wildman–Crippen LogP) is 2.97. The highest BCUT2D eigenvalue weighted by Gasteiger charge is 2.37. The lowest BCUT2D eigenvalue weighted by molar-refractivity contribution is -0.120. The first kappa shape index (κ1) is 16.0. The van der Waals surface area contributed by atoms with Gasteiger partial charge in [0.25, 0.3) is 0 Å². The minimum Gasteiger partial charge on any atom is -0.495 e. The average Bonchev–Trinajstić information content (AvgIpc) is 2.98. The van der Waals surface area contributed by atoms with E-state index in [0.717, 1.165) is 0 Å². The molecule has 2 amide bonds. The summed E-state index contributed by atoms with van der Waals surface area (Å²) in [5, 5.41) is 2.80. The van der Waals surface area contributed by atoms with Crippen molar-refractivity contribution in [2.45, 2.75) is 18.9 Å². The van der Waals surface area contributed by atoms with Gasteiger partial charge in [-0.05, 0) is 42.8 Å². The fraction of sp³-hybridized carbons (Fsp3) is 0.222. The lowest BCUT2D eigenvalue weighted by Crippen LogP contribution is -2.41. The molecule has 0 saturated carbocycles. The molecule has 1 atom stereocenters. The Morgan fingerprint density at radius 3 is 2.62 bits per heavy atom. The summed E-state index contributed by atoms with van der Waals surface area (Å²) in [6.07, 6.45) is 0.693. The van der Waals surface area contributed by atoms with Crippen molar-refractivity contribution in [3.63, 3.8) is 0 Å². The molecule has 0 radical (unpaired) electrons. The molecule has 0 aromatic heterocycles. The van der Waals surface area contributed by atoms with Gasteiger partial charge in [0.15, 0.2) is 0 Å². The first-order valence-electron chi connectivity index (χ1n) is 7.61. The van der Waals surface area contributed by atoms with Crippen LogP contribution in [0, 0.1) is 5.82 Å². The summed E-state index contributed by atoms with van der Waals surface area (Å²) in [4.78, 5) is 26.2. The van der Waals surface area contributed by atoms with Gasteiger partial charge in [0, 0.05) is 12.1 Å². The fourth-order valence-corrected chi connectivity index (χ4v) is 2.82. The van der Waals surface area contributed by atoms with Gasteiger partial charge in [-0.2, -0.15) is 0 Å². The first-order chi connectivity index (χ1) is 11.6. The van der Waals surface area contributed by atoms with Crippen LogP contribution in [0.3, 0.4) is 0 Å². The number of carbonyl (C=O) groups is 2. The Bertz CT molecular complexity index is 761. The largest absolute Gasteiger partial charge is 0.495 e. The molecule has 0 aliphatic carbocycles. The number of ether oxygens (including phenoxy) is 1. The second-order valence-corrected chi connectivity index (χ2v) is 5.48. The maximum Gasteiger partial charge on any atom is 0.247 e. The van der Waals surface area contributed by atoms with E-state index in [1.54, 1.807) is 24.3 Å². The van der Waals surface area contributed by atoms with Gasteiger partial charge < -0.3 is 10.1 Å². The van der Waals surface area contributed by atoms with Gasteiger partial charge in [0.1, 0.15) is 17.6 Å². The molecule has 3 rings (SSSR count). The van der Waals surface area contributed by atoms with Crippen LogP contribution in [0.5, 0.6) is 5.75 Å². The van der Waals surface area contributed by atoms with E-state index in [1.165, 1.54) is 36.3 Å². The van der Waals surface area contributed by atoms with E-state index >= 15 is 0 Å². The zero-order valence-electron chi connectivity index (χ0n) is 13.2. The minimum atomic E-state index is -0.632. The fourth-order valence-electron chi connectivity index (χ4n) is 2.82. The Morgan fingerprint density at radius 1 is 1.21 bits per heavy atom. The molecule has 1 N–H and O–H groups in total. The molecule has 1 saturated heterocycles. The number of para-hydroxylation sites is 2. The molecule has 6 heteroatoms. The van der Waals surface area contributed by atoms with Crippen LogP contribution < -0.4 is 15.0 Å². The smallest absolute Gasteiger partial charge is 0.247 e. The van der Waals surface area contributed by atoms with Crippen LogP contribution in [0.25, 0.3) is 0 Å². The maximum atomic E-state index is 13.1. The Morgan fingerprint density at radius 2 is 1.92 bits per heavy atom. The van der Waals surface area contributed by atoms with E-state index in [2.05, 4.69) is 5.32 Å². The standard InChI is InChI=1S/C18H17FN2O3/c1-24-16-5-3-2-4-14(16)20-18(23)15-10-11-17(22)21(15)13-8-6-12(19)7-9-13/h2-9,15H,10-11H2,1H3,(H,20,23). The molecular weight excluding hydrogens is 311 g/mol. The number of halogens is 1. The molecule has 24 heavy (non-hydrogen) atoms. The number of nitrogens with one attached hydrogen (secondary N) is 1. The number of anilines is 2. The molecule has 1 aliphatic rings. The van der Waals surface area contributed by atoms with E-state index in [-0.39, 0.29) is 24.1 Å². The molecule has 1 unspecified atom stereocenters. The van der Waals surface area contributed by atoms with Crippen molar-refractivity contribution in [3.8, 4) is 5.75 Å². The van der Waals surface area contributed by atoms with Crippen molar-refractivity contribution in [2.75, 3.05) is 17.3 Å². The Balaban J connectivity index is 1.83. The number of methoxy groups -OCH3 is 1. The van der Waals surface area contributed by atoms with Crippen molar-refractivity contribution in [3.05, 3.63) is 54.3 Å². The number of nitrogens with zero attached hydrogens (tertiary/aromatic N) is 1. The van der Waals surface area contributed by atoms with Gasteiger partial charge in [0.05, 0.1) is 12.8 Å². The lowest BCUT2D eigenvalue weighted by atomic mass is 10.1. The third kappa shape index (κ3) is 3.08. The number of carbonyl (C=O) groups excluding carboxylic acids is 2. The third-order valence-corrected chi connectivity index (χ3v) is 3.98. The summed E-state index contributed by atoms with van der Waals surface area (Å²) in [5.41, 5.74) is 1.06. The Hall–Kier alpha value is -2.89. The van der Waals surface area contributed by atoms with Gasteiger partial charge in [-0.1, -0.05) is 12.1 Å². The van der Waals surface area contributed by atoms with Crippen LogP contribution >= 0.6 is 0 Å². The molecule has 1 fully saturated rings. The summed E-state index contributed by atoms with van der Waals surface area (Å²) in [6.45, 7) is 0. The van der Waals surface area contributed by atoms with Gasteiger partial charge in [-0.25, -0.2) is 4.39 Å². The molecule has 2 aromatic rings. The Kier molecular flexibility index (Phi) is 4.46. The van der Waals surface area contributed by atoms with Crippen LogP contribution in [-0.4, -0.2) is 25.0 Å². The second kappa shape index (κ2) is 6.70. The highest BCUT2D eigenvalue weighted by atomic mass is 19.1. The molecule has 124 valence electrons. The molecular formula is C18H17FN2O3. The number of benzene rings is 2. The first-order valence-corrected chi connectivity index (χ1v) is 7.61. The summed E-state index contributed by atoms with van der Waals surface area (Å²) in [7, 11) is 1.52. The van der Waals surface area contributed by atoms with Crippen molar-refractivity contribution in [2.24, 2.45) is 0 Å². The average molecular weight is 328 g/mol. The second-order valence-electron chi connectivity index (χ2n) is 5.48. The predicted molar refractivity (Wildman–Crippen MR) is 88.5 cm³/mol. The van der Waals surface area contributed by atoms with Gasteiger partial charge >= 0.3 is 0 Å². The molecule has 1 aliphatic heterocycles. The maximum absolute atomic E-state index is 13.1. The number of hydrogen-bond donors (Lipinski definition) is 1. The van der Waals surface area contributed by atoms with E-state index in [0.29, 0.717) is 23.5 Å². The third-order valence-electron chi connectivity index (χ3n) is 3.98. The van der Waals surface area contributed by atoms with Crippen LogP contribution in [0.1, 0.15) is 12.8 Å². The number of amides is 2. The van der Waals surface area contributed by atoms with Crippen molar-refractivity contribution < 1.29 is 18.7 Å². The zero-order valence-corrected chi connectivity index (χ0v) is 13.2. The van der Waals surface area contributed by atoms with Crippen LogP contribution in [-0.2, 0) is 9.59 Å². The van der Waals surface area contributed by atoms with Crippen LogP contribution in [0.2, 0.25) is 0 Å². The summed E-state index contributed by atoms with van der Waals surface area (Å²) >= 11 is 0. The summed E-state index contributed by atoms with van der Waals surface area (Å²) in [6, 6.07) is 12.0. The van der Waals surface area contributed by atoms with E-state index < -0.39 is 6.04 Å². The van der Waals surface area contributed by atoms with Gasteiger partial charge in [0.2, 0.25) is 11.8 Å². The topological polar surface area (TPSA) is 58.6 Å². The zero-order chi connectivity index (χ0) is 17.1. The normalized spacial score (nSPS) is 17.0. The summed E-state index contributed by atoms with van der Waals surface area (Å²) in [5.74, 6) is -0.291. The molecule has 1 heterocycles. The lowest BCUT2D eigenvalue weighted by Gasteiger charge is -2.24. The molecule has 2 aromatic carbocycles. The monoisotopic (exact) mass is 328 g/mol. The van der Waals surface area contributed by atoms with Gasteiger partial charge in [-0.3, -0.25) is 14.5 Å². The highest BCUT2D eigenvalue weighted by Crippen LogP contribution is 2.29. The number of hydrogen-bond acceptors (Lipinski definition) is 3. The quantitative estimate of drug-likeness (QED) is 0.939. The van der Waals surface area contributed by atoms with Crippen LogP contribution in [0.15, 0.2) is 48.5 Å². The molecule has 0 bridgehead atoms. The molecule has 5 nitrogen and oxygen atoms in total. The van der Waals surface area contributed by atoms with Crippen molar-refractivity contribution in [1.29, 1.82) is 0 Å². The van der Waals surface area contributed by atoms with E-state index in [9.17, 15) is 14.0 Å².